The lowest BCUT2D eigenvalue weighted by Crippen LogP contribution is -2.23. The standard InChI is InChI=1S/C28H26ClN5O2/c29-22-10-8-19(9-11-22)25-23(18-4-2-1-3-5-18)17-34(33-25)27-24(31-28(35)21-6-7-21)16-30-26(32-27)20-12-14-36-15-13-20/h1-5,8-12,16,21,23H,6-7,13-15,17H2,(H,31,35). The van der Waals surface area contributed by atoms with Crippen LogP contribution in [0.5, 0.6) is 0 Å². The van der Waals surface area contributed by atoms with Gasteiger partial charge in [0.2, 0.25) is 5.91 Å². The summed E-state index contributed by atoms with van der Waals surface area (Å²) in [5, 5.41) is 10.7. The second kappa shape index (κ2) is 9.84. The molecule has 0 bridgehead atoms. The topological polar surface area (TPSA) is 79.7 Å². The van der Waals surface area contributed by atoms with Crippen LogP contribution in [-0.4, -0.2) is 41.3 Å². The molecule has 0 radical (unpaired) electrons. The maximum absolute atomic E-state index is 12.7. The Morgan fingerprint density at radius 3 is 2.61 bits per heavy atom. The van der Waals surface area contributed by atoms with E-state index in [1.807, 2.05) is 53.5 Å². The van der Waals surface area contributed by atoms with E-state index < -0.39 is 0 Å². The normalized spacial score (nSPS) is 19.6. The lowest BCUT2D eigenvalue weighted by molar-refractivity contribution is -0.117. The largest absolute Gasteiger partial charge is 0.377 e. The highest BCUT2D eigenvalue weighted by molar-refractivity contribution is 6.30. The predicted molar refractivity (Wildman–Crippen MR) is 141 cm³/mol. The van der Waals surface area contributed by atoms with Crippen molar-refractivity contribution in [2.24, 2.45) is 11.0 Å². The van der Waals surface area contributed by atoms with Gasteiger partial charge >= 0.3 is 0 Å². The molecule has 0 spiro atoms. The second-order valence-corrected chi connectivity index (χ2v) is 9.72. The molecule has 8 heteroatoms. The molecule has 1 unspecified atom stereocenters. The number of carbonyl (C=O) groups is 1. The molecule has 3 heterocycles. The van der Waals surface area contributed by atoms with E-state index in [1.165, 1.54) is 5.56 Å². The molecular formula is C28H26ClN5O2. The third-order valence-corrected chi connectivity index (χ3v) is 6.98. The summed E-state index contributed by atoms with van der Waals surface area (Å²) in [6, 6.07) is 18.1. The number of benzene rings is 2. The van der Waals surface area contributed by atoms with Gasteiger partial charge in [0.1, 0.15) is 5.69 Å². The third-order valence-electron chi connectivity index (χ3n) is 6.73. The van der Waals surface area contributed by atoms with Gasteiger partial charge in [0, 0.05) is 16.9 Å². The average molecular weight is 500 g/mol. The van der Waals surface area contributed by atoms with E-state index in [2.05, 4.69) is 22.4 Å². The van der Waals surface area contributed by atoms with E-state index >= 15 is 0 Å². The fraction of sp³-hybridized carbons (Fsp3) is 0.286. The highest BCUT2D eigenvalue weighted by Crippen LogP contribution is 2.37. The van der Waals surface area contributed by atoms with Crippen LogP contribution < -0.4 is 10.3 Å². The Balaban J connectivity index is 1.42. The molecule has 0 saturated heterocycles. The summed E-state index contributed by atoms with van der Waals surface area (Å²) in [4.78, 5) is 22.2. The molecule has 1 saturated carbocycles. The number of rotatable bonds is 6. The molecule has 2 aromatic carbocycles. The van der Waals surface area contributed by atoms with Gasteiger partial charge < -0.3 is 10.1 Å². The molecule has 1 amide bonds. The molecule has 3 aliphatic rings. The molecular weight excluding hydrogens is 474 g/mol. The van der Waals surface area contributed by atoms with Crippen molar-refractivity contribution in [1.29, 1.82) is 0 Å². The minimum atomic E-state index is 0.0126. The number of hydrogen-bond donors (Lipinski definition) is 1. The van der Waals surface area contributed by atoms with Crippen LogP contribution in [0, 0.1) is 5.92 Å². The molecule has 2 aliphatic heterocycles. The van der Waals surface area contributed by atoms with E-state index in [1.54, 1.807) is 6.20 Å². The summed E-state index contributed by atoms with van der Waals surface area (Å²) >= 11 is 6.17. The molecule has 1 atom stereocenters. The Hall–Kier alpha value is -3.55. The maximum atomic E-state index is 12.7. The van der Waals surface area contributed by atoms with Gasteiger partial charge in [-0.25, -0.2) is 15.0 Å². The van der Waals surface area contributed by atoms with Crippen molar-refractivity contribution in [1.82, 2.24) is 9.97 Å². The predicted octanol–water partition coefficient (Wildman–Crippen LogP) is 5.29. The van der Waals surface area contributed by atoms with E-state index in [0.29, 0.717) is 42.1 Å². The number of aromatic nitrogens is 2. The second-order valence-electron chi connectivity index (χ2n) is 9.29. The van der Waals surface area contributed by atoms with Crippen molar-refractivity contribution >= 4 is 40.3 Å². The zero-order valence-corrected chi connectivity index (χ0v) is 20.5. The minimum absolute atomic E-state index is 0.0126. The van der Waals surface area contributed by atoms with Crippen molar-refractivity contribution < 1.29 is 9.53 Å². The van der Waals surface area contributed by atoms with Gasteiger partial charge in [0.15, 0.2) is 11.6 Å². The number of hydrazone groups is 1. The summed E-state index contributed by atoms with van der Waals surface area (Å²) in [7, 11) is 0. The molecule has 36 heavy (non-hydrogen) atoms. The number of carbonyl (C=O) groups excluding carboxylic acids is 1. The van der Waals surface area contributed by atoms with Crippen LogP contribution in [0.25, 0.3) is 5.57 Å². The number of nitrogens with zero attached hydrogens (tertiary/aromatic N) is 4. The lowest BCUT2D eigenvalue weighted by atomic mass is 9.91. The molecule has 6 rings (SSSR count). The van der Waals surface area contributed by atoms with Crippen LogP contribution in [0.2, 0.25) is 5.02 Å². The number of amides is 1. The SMILES string of the molecule is O=C(Nc1cnc(C2=CCOCC2)nc1N1CC(c2ccccc2)C(c2ccc(Cl)cc2)=N1)C1CC1. The Bertz CT molecular complexity index is 1340. The van der Waals surface area contributed by atoms with Crippen molar-refractivity contribution in [2.45, 2.75) is 25.2 Å². The molecule has 1 N–H and O–H groups in total. The Kier molecular flexibility index (Phi) is 6.25. The fourth-order valence-corrected chi connectivity index (χ4v) is 4.71. The van der Waals surface area contributed by atoms with Crippen LogP contribution in [0.3, 0.4) is 0 Å². The smallest absolute Gasteiger partial charge is 0.227 e. The van der Waals surface area contributed by atoms with E-state index in [9.17, 15) is 4.79 Å². The number of hydrogen-bond acceptors (Lipinski definition) is 6. The van der Waals surface area contributed by atoms with Crippen LogP contribution >= 0.6 is 11.6 Å². The summed E-state index contributed by atoms with van der Waals surface area (Å²) in [5.41, 5.74) is 4.72. The molecule has 3 aromatic rings. The van der Waals surface area contributed by atoms with Crippen LogP contribution in [0.15, 0.2) is 72.0 Å². The summed E-state index contributed by atoms with van der Waals surface area (Å²) in [5.74, 6) is 1.36. The number of nitrogens with one attached hydrogen (secondary N) is 1. The molecule has 1 aliphatic carbocycles. The Labute approximate surface area is 214 Å². The van der Waals surface area contributed by atoms with Crippen LogP contribution in [-0.2, 0) is 9.53 Å². The van der Waals surface area contributed by atoms with Crippen LogP contribution in [0.4, 0.5) is 11.5 Å². The quantitative estimate of drug-likeness (QED) is 0.498. The van der Waals surface area contributed by atoms with Gasteiger partial charge in [0.25, 0.3) is 0 Å². The molecule has 182 valence electrons. The van der Waals surface area contributed by atoms with Gasteiger partial charge in [-0.2, -0.15) is 5.10 Å². The fourth-order valence-electron chi connectivity index (χ4n) is 4.58. The van der Waals surface area contributed by atoms with Gasteiger partial charge in [-0.15, -0.1) is 0 Å². The number of ether oxygens (including phenoxy) is 1. The first-order valence-corrected chi connectivity index (χ1v) is 12.7. The third kappa shape index (κ3) is 4.76. The number of halogens is 1. The first kappa shape index (κ1) is 22.9. The van der Waals surface area contributed by atoms with E-state index in [-0.39, 0.29) is 17.7 Å². The Morgan fingerprint density at radius 1 is 1.08 bits per heavy atom. The average Bonchev–Trinajstić information content (AvgIpc) is 3.69. The monoisotopic (exact) mass is 499 g/mol. The van der Waals surface area contributed by atoms with Crippen molar-refractivity contribution in [3.8, 4) is 0 Å². The number of anilines is 2. The highest BCUT2D eigenvalue weighted by atomic mass is 35.5. The zero-order chi connectivity index (χ0) is 24.5. The Morgan fingerprint density at radius 2 is 1.89 bits per heavy atom. The van der Waals surface area contributed by atoms with Crippen molar-refractivity contribution in [2.75, 3.05) is 30.1 Å². The summed E-state index contributed by atoms with van der Waals surface area (Å²) in [6.07, 6.45) is 6.32. The maximum Gasteiger partial charge on any atom is 0.227 e. The minimum Gasteiger partial charge on any atom is -0.377 e. The molecule has 1 fully saturated rings. The first-order valence-electron chi connectivity index (χ1n) is 12.3. The van der Waals surface area contributed by atoms with E-state index in [0.717, 1.165) is 36.1 Å². The molecule has 1 aromatic heterocycles. The first-order chi connectivity index (χ1) is 17.7. The van der Waals surface area contributed by atoms with Gasteiger partial charge in [0.05, 0.1) is 31.7 Å². The molecule has 7 nitrogen and oxygen atoms in total. The van der Waals surface area contributed by atoms with Gasteiger partial charge in [-0.05, 0) is 48.1 Å². The van der Waals surface area contributed by atoms with Gasteiger partial charge in [-0.1, -0.05) is 60.1 Å². The highest BCUT2D eigenvalue weighted by Gasteiger charge is 2.34. The van der Waals surface area contributed by atoms with Crippen molar-refractivity contribution in [3.63, 3.8) is 0 Å². The summed E-state index contributed by atoms with van der Waals surface area (Å²) < 4.78 is 5.46. The summed E-state index contributed by atoms with van der Waals surface area (Å²) in [6.45, 7) is 1.78. The zero-order valence-electron chi connectivity index (χ0n) is 19.7. The van der Waals surface area contributed by atoms with E-state index in [4.69, 9.17) is 26.4 Å². The van der Waals surface area contributed by atoms with Gasteiger partial charge in [-0.3, -0.25) is 4.79 Å². The lowest BCUT2D eigenvalue weighted by Gasteiger charge is -2.20. The van der Waals surface area contributed by atoms with Crippen LogP contribution in [0.1, 0.15) is 42.1 Å². The van der Waals surface area contributed by atoms with Crippen molar-refractivity contribution in [3.05, 3.63) is 88.8 Å².